The number of carbonyl (C=O) groups is 2. The van der Waals surface area contributed by atoms with Gasteiger partial charge in [0.2, 0.25) is 0 Å². The smallest absolute Gasteiger partial charge is 0.307 e. The van der Waals surface area contributed by atoms with Crippen molar-refractivity contribution in [3.63, 3.8) is 0 Å². The number of thiocarbonyl (C=S) groups is 1. The van der Waals surface area contributed by atoms with E-state index >= 15 is 0 Å². The summed E-state index contributed by atoms with van der Waals surface area (Å²) in [6.07, 6.45) is -0.719. The van der Waals surface area contributed by atoms with E-state index in [1.807, 2.05) is 0 Å². The molecule has 0 bridgehead atoms. The second-order valence-corrected chi connectivity index (χ2v) is 2.59. The zero-order valence-corrected chi connectivity index (χ0v) is 7.23. The van der Waals surface area contributed by atoms with Crippen molar-refractivity contribution in [3.8, 4) is 0 Å². The van der Waals surface area contributed by atoms with Crippen molar-refractivity contribution in [1.82, 2.24) is 10.6 Å². The molecular formula is C6H8N2O3S. The summed E-state index contributed by atoms with van der Waals surface area (Å²) in [5.74, 6) is -0.867. The first-order chi connectivity index (χ1) is 5.63. The Bertz CT molecular complexity index is 241. The normalized spacial score (nSPS) is 21.6. The van der Waals surface area contributed by atoms with Crippen LogP contribution in [-0.4, -0.2) is 23.2 Å². The van der Waals surface area contributed by atoms with E-state index in [1.54, 1.807) is 6.92 Å². The monoisotopic (exact) mass is 188 g/mol. The van der Waals surface area contributed by atoms with Crippen LogP contribution in [-0.2, 0) is 14.3 Å². The number of nitrogens with one attached hydrogen (secondary N) is 2. The first-order valence-corrected chi connectivity index (χ1v) is 3.85. The highest BCUT2D eigenvalue weighted by molar-refractivity contribution is 7.80. The van der Waals surface area contributed by atoms with Gasteiger partial charge in [0.05, 0.1) is 0 Å². The van der Waals surface area contributed by atoms with E-state index in [9.17, 15) is 9.59 Å². The summed E-state index contributed by atoms with van der Waals surface area (Å²) in [4.78, 5) is 21.6. The minimum atomic E-state index is -0.954. The van der Waals surface area contributed by atoms with E-state index in [0.29, 0.717) is 0 Å². The predicted octanol–water partition coefficient (Wildman–Crippen LogP) is -0.730. The maximum Gasteiger partial charge on any atom is 0.307 e. The van der Waals surface area contributed by atoms with E-state index in [1.165, 1.54) is 0 Å². The van der Waals surface area contributed by atoms with Gasteiger partial charge in [0.25, 0.3) is 12.1 Å². The molecule has 1 heterocycles. The second-order valence-electron chi connectivity index (χ2n) is 2.19. The number of hydrogen-bond acceptors (Lipinski definition) is 4. The average Bonchev–Trinajstić information content (AvgIpc) is 2.30. The minimum absolute atomic E-state index is 0.189. The third-order valence-electron chi connectivity index (χ3n) is 1.28. The summed E-state index contributed by atoms with van der Waals surface area (Å²) in [6.45, 7) is 1.65. The third kappa shape index (κ3) is 1.91. The van der Waals surface area contributed by atoms with E-state index in [2.05, 4.69) is 22.9 Å². The largest absolute Gasteiger partial charge is 0.432 e. The Morgan fingerprint density at radius 2 is 2.42 bits per heavy atom. The van der Waals surface area contributed by atoms with Crippen molar-refractivity contribution in [3.05, 3.63) is 0 Å². The summed E-state index contributed by atoms with van der Waals surface area (Å²) in [7, 11) is 0. The maximum absolute atomic E-state index is 10.9. The van der Waals surface area contributed by atoms with Gasteiger partial charge in [0.1, 0.15) is 0 Å². The van der Waals surface area contributed by atoms with Crippen LogP contribution in [0.5, 0.6) is 0 Å². The Hall–Kier alpha value is -1.17. The molecule has 0 aromatic carbocycles. The maximum atomic E-state index is 10.9. The molecule has 0 spiro atoms. The SMILES string of the molecule is CCC(=O)OC1NC(=S)NC1=O. The van der Waals surface area contributed by atoms with Gasteiger partial charge in [0.15, 0.2) is 5.11 Å². The fourth-order valence-corrected chi connectivity index (χ4v) is 0.904. The van der Waals surface area contributed by atoms with Crippen LogP contribution in [0.3, 0.4) is 0 Å². The first kappa shape index (κ1) is 8.92. The molecule has 12 heavy (non-hydrogen) atoms. The molecule has 0 aliphatic carbocycles. The molecule has 1 fully saturated rings. The predicted molar refractivity (Wildman–Crippen MR) is 44.0 cm³/mol. The van der Waals surface area contributed by atoms with Gasteiger partial charge in [-0.1, -0.05) is 6.92 Å². The summed E-state index contributed by atoms with van der Waals surface area (Å²) in [5, 5.41) is 4.99. The zero-order chi connectivity index (χ0) is 9.14. The minimum Gasteiger partial charge on any atom is -0.432 e. The van der Waals surface area contributed by atoms with Crippen molar-refractivity contribution in [2.75, 3.05) is 0 Å². The van der Waals surface area contributed by atoms with Gasteiger partial charge >= 0.3 is 5.97 Å². The third-order valence-corrected chi connectivity index (χ3v) is 1.49. The molecule has 0 aromatic rings. The molecule has 2 N–H and O–H groups in total. The van der Waals surface area contributed by atoms with Gasteiger partial charge in [-0.05, 0) is 12.2 Å². The molecule has 6 heteroatoms. The van der Waals surface area contributed by atoms with Crippen LogP contribution < -0.4 is 10.6 Å². The quantitative estimate of drug-likeness (QED) is 0.442. The van der Waals surface area contributed by atoms with Gasteiger partial charge in [-0.25, -0.2) is 0 Å². The van der Waals surface area contributed by atoms with Gasteiger partial charge in [-0.15, -0.1) is 0 Å². The van der Waals surface area contributed by atoms with Gasteiger partial charge in [-0.2, -0.15) is 0 Å². The van der Waals surface area contributed by atoms with Crippen LogP contribution in [0, 0.1) is 0 Å². The highest BCUT2D eigenvalue weighted by atomic mass is 32.1. The lowest BCUT2D eigenvalue weighted by atomic mass is 10.5. The van der Waals surface area contributed by atoms with E-state index in [0.717, 1.165) is 0 Å². The number of rotatable bonds is 2. The Labute approximate surface area is 74.5 Å². The van der Waals surface area contributed by atoms with Crippen molar-refractivity contribution < 1.29 is 14.3 Å². The van der Waals surface area contributed by atoms with Gasteiger partial charge in [-0.3, -0.25) is 14.9 Å². The summed E-state index contributed by atoms with van der Waals surface area (Å²) < 4.78 is 4.69. The van der Waals surface area contributed by atoms with Crippen LogP contribution in [0.1, 0.15) is 13.3 Å². The summed E-state index contributed by atoms with van der Waals surface area (Å²) in [5.41, 5.74) is 0. The van der Waals surface area contributed by atoms with Crippen LogP contribution in [0.15, 0.2) is 0 Å². The zero-order valence-electron chi connectivity index (χ0n) is 6.42. The van der Waals surface area contributed by atoms with Crippen molar-refractivity contribution in [2.45, 2.75) is 19.6 Å². The second kappa shape index (κ2) is 3.48. The van der Waals surface area contributed by atoms with Crippen LogP contribution in [0.4, 0.5) is 0 Å². The fraction of sp³-hybridized carbons (Fsp3) is 0.500. The molecule has 1 saturated heterocycles. The average molecular weight is 188 g/mol. The molecule has 1 aliphatic rings. The fourth-order valence-electron chi connectivity index (χ4n) is 0.696. The Balaban J connectivity index is 2.48. The molecule has 1 amide bonds. The van der Waals surface area contributed by atoms with Crippen LogP contribution in [0.25, 0.3) is 0 Å². The van der Waals surface area contributed by atoms with Crippen molar-refractivity contribution in [2.24, 2.45) is 0 Å². The molecule has 5 nitrogen and oxygen atoms in total. The standard InChI is InChI=1S/C6H8N2O3S/c1-2-3(9)11-5-4(10)7-6(12)8-5/h5H,2H2,1H3,(H2,7,8,10,12). The van der Waals surface area contributed by atoms with E-state index < -0.39 is 18.1 Å². The van der Waals surface area contributed by atoms with Gasteiger partial charge < -0.3 is 10.1 Å². The molecule has 1 unspecified atom stereocenters. The number of ether oxygens (including phenoxy) is 1. The lowest BCUT2D eigenvalue weighted by molar-refractivity contribution is -0.154. The number of esters is 1. The molecule has 1 aliphatic heterocycles. The molecule has 1 rings (SSSR count). The van der Waals surface area contributed by atoms with Crippen LogP contribution in [0.2, 0.25) is 0 Å². The molecule has 66 valence electrons. The first-order valence-electron chi connectivity index (χ1n) is 3.44. The van der Waals surface area contributed by atoms with Gasteiger partial charge in [0, 0.05) is 6.42 Å². The Kier molecular flexibility index (Phi) is 2.59. The highest BCUT2D eigenvalue weighted by Crippen LogP contribution is 1.97. The molecule has 0 radical (unpaired) electrons. The number of hydrogen-bond donors (Lipinski definition) is 2. The van der Waals surface area contributed by atoms with E-state index in [4.69, 9.17) is 4.74 Å². The Morgan fingerprint density at radius 3 is 2.83 bits per heavy atom. The lowest BCUT2D eigenvalue weighted by Gasteiger charge is -2.07. The van der Waals surface area contributed by atoms with Crippen LogP contribution >= 0.6 is 12.2 Å². The highest BCUT2D eigenvalue weighted by Gasteiger charge is 2.29. The van der Waals surface area contributed by atoms with Crippen molar-refractivity contribution >= 4 is 29.2 Å². The summed E-state index contributed by atoms with van der Waals surface area (Å²) >= 11 is 4.63. The Morgan fingerprint density at radius 1 is 1.75 bits per heavy atom. The van der Waals surface area contributed by atoms with E-state index in [-0.39, 0.29) is 11.5 Å². The topological polar surface area (TPSA) is 67.4 Å². The lowest BCUT2D eigenvalue weighted by Crippen LogP contribution is -2.33. The molecule has 0 aromatic heterocycles. The molecular weight excluding hydrogens is 180 g/mol. The molecule has 1 atom stereocenters. The summed E-state index contributed by atoms with van der Waals surface area (Å²) in [6, 6.07) is 0. The number of amides is 1. The molecule has 0 saturated carbocycles. The van der Waals surface area contributed by atoms with Crippen molar-refractivity contribution in [1.29, 1.82) is 0 Å². The number of carbonyl (C=O) groups excluding carboxylic acids is 2.